The number of nitrogens with one attached hydrogen (secondary N) is 1. The van der Waals surface area contributed by atoms with Crippen LogP contribution in [-0.2, 0) is 13.5 Å². The predicted octanol–water partition coefficient (Wildman–Crippen LogP) is 3.53. The summed E-state index contributed by atoms with van der Waals surface area (Å²) in [6.45, 7) is 10.1. The lowest BCUT2D eigenvalue weighted by molar-refractivity contribution is 0.308. The first kappa shape index (κ1) is 15.0. The zero-order valence-corrected chi connectivity index (χ0v) is 13.4. The van der Waals surface area contributed by atoms with Crippen molar-refractivity contribution in [1.82, 2.24) is 15.1 Å². The van der Waals surface area contributed by atoms with E-state index in [9.17, 15) is 0 Å². The highest BCUT2D eigenvalue weighted by Gasteiger charge is 2.20. The van der Waals surface area contributed by atoms with Gasteiger partial charge in [-0.15, -0.1) is 0 Å². The lowest BCUT2D eigenvalue weighted by Crippen LogP contribution is -2.34. The zero-order chi connectivity index (χ0) is 14.8. The number of aromatic nitrogens is 2. The average Bonchev–Trinajstić information content (AvgIpc) is 2.65. The van der Waals surface area contributed by atoms with Gasteiger partial charge in [0.1, 0.15) is 0 Å². The third-order valence-corrected chi connectivity index (χ3v) is 3.63. The highest BCUT2D eigenvalue weighted by atomic mass is 15.3. The van der Waals surface area contributed by atoms with E-state index in [1.54, 1.807) is 0 Å². The van der Waals surface area contributed by atoms with Crippen LogP contribution >= 0.6 is 0 Å². The first-order chi connectivity index (χ1) is 9.40. The van der Waals surface area contributed by atoms with Gasteiger partial charge in [-0.05, 0) is 24.4 Å². The third kappa shape index (κ3) is 3.60. The highest BCUT2D eigenvalue weighted by Crippen LogP contribution is 2.25. The Morgan fingerprint density at radius 1 is 1.25 bits per heavy atom. The Kier molecular flexibility index (Phi) is 4.48. The van der Waals surface area contributed by atoms with Crippen molar-refractivity contribution in [3.8, 4) is 0 Å². The molecule has 1 unspecified atom stereocenters. The van der Waals surface area contributed by atoms with Gasteiger partial charge < -0.3 is 5.32 Å². The number of nitrogens with zero attached hydrogens (tertiary/aromatic N) is 2. The van der Waals surface area contributed by atoms with Crippen LogP contribution in [0.4, 0.5) is 0 Å². The summed E-state index contributed by atoms with van der Waals surface area (Å²) in [7, 11) is 2.03. The van der Waals surface area contributed by atoms with E-state index in [0.717, 1.165) is 19.4 Å². The van der Waals surface area contributed by atoms with Crippen LogP contribution in [0.3, 0.4) is 0 Å². The summed E-state index contributed by atoms with van der Waals surface area (Å²) in [5.74, 6) is 0. The van der Waals surface area contributed by atoms with E-state index in [-0.39, 0.29) is 0 Å². The molecule has 1 heterocycles. The van der Waals surface area contributed by atoms with Gasteiger partial charge in [0.25, 0.3) is 0 Å². The van der Waals surface area contributed by atoms with Crippen LogP contribution in [-0.4, -0.2) is 22.4 Å². The molecule has 0 aliphatic carbocycles. The maximum atomic E-state index is 4.72. The number of likely N-dealkylation sites (N-methyl/N-ethyl adjacent to an activating group) is 1. The first-order valence-electron chi connectivity index (χ1n) is 7.54. The monoisotopic (exact) mass is 273 g/mol. The Bertz CT molecular complexity index is 563. The number of aryl methyl sites for hydroxylation is 1. The minimum Gasteiger partial charge on any atom is -0.314 e. The van der Waals surface area contributed by atoms with E-state index in [1.165, 1.54) is 16.6 Å². The summed E-state index contributed by atoms with van der Waals surface area (Å²) in [4.78, 5) is 0. The molecule has 0 saturated carbocycles. The fraction of sp³-hybridized carbons (Fsp3) is 0.588. The molecule has 1 aromatic carbocycles. The number of rotatable bonds is 5. The van der Waals surface area contributed by atoms with Crippen LogP contribution in [0.1, 0.15) is 39.8 Å². The van der Waals surface area contributed by atoms with Crippen LogP contribution < -0.4 is 5.32 Å². The van der Waals surface area contributed by atoms with Crippen LogP contribution in [0.5, 0.6) is 0 Å². The molecule has 20 heavy (non-hydrogen) atoms. The summed E-state index contributed by atoms with van der Waals surface area (Å²) in [6.07, 6.45) is 2.15. The number of hydrogen-bond donors (Lipinski definition) is 1. The second kappa shape index (κ2) is 5.96. The van der Waals surface area contributed by atoms with Crippen molar-refractivity contribution in [1.29, 1.82) is 0 Å². The van der Waals surface area contributed by atoms with E-state index >= 15 is 0 Å². The molecule has 1 atom stereocenters. The molecule has 3 nitrogen and oxygen atoms in total. The summed E-state index contributed by atoms with van der Waals surface area (Å²) in [6, 6.07) is 8.97. The predicted molar refractivity (Wildman–Crippen MR) is 86.0 cm³/mol. The molecule has 0 radical (unpaired) electrons. The van der Waals surface area contributed by atoms with Crippen LogP contribution in [0.2, 0.25) is 0 Å². The van der Waals surface area contributed by atoms with E-state index in [0.29, 0.717) is 11.5 Å². The summed E-state index contributed by atoms with van der Waals surface area (Å²) in [5.41, 5.74) is 2.75. The molecule has 3 heteroatoms. The third-order valence-electron chi connectivity index (χ3n) is 3.63. The fourth-order valence-corrected chi connectivity index (χ4v) is 2.92. The molecular formula is C17H27N3. The standard InChI is InChI=1S/C17H27N3/c1-6-18-13(12-17(2,3)4)11-15-14-9-7-8-10-16(14)20(5)19-15/h7-10,13,18H,6,11-12H2,1-5H3. The smallest absolute Gasteiger partial charge is 0.0718 e. The Balaban J connectivity index is 2.24. The zero-order valence-electron chi connectivity index (χ0n) is 13.4. The van der Waals surface area contributed by atoms with E-state index in [4.69, 9.17) is 5.10 Å². The molecule has 2 rings (SSSR count). The van der Waals surface area contributed by atoms with Gasteiger partial charge in [-0.2, -0.15) is 5.10 Å². The lowest BCUT2D eigenvalue weighted by Gasteiger charge is -2.26. The van der Waals surface area contributed by atoms with Gasteiger partial charge in [0.05, 0.1) is 11.2 Å². The molecule has 0 fully saturated rings. The van der Waals surface area contributed by atoms with E-state index in [2.05, 4.69) is 57.3 Å². The van der Waals surface area contributed by atoms with Crippen molar-refractivity contribution in [2.45, 2.75) is 46.6 Å². The van der Waals surface area contributed by atoms with Crippen molar-refractivity contribution in [2.75, 3.05) is 6.54 Å². The average molecular weight is 273 g/mol. The molecule has 0 bridgehead atoms. The summed E-state index contributed by atoms with van der Waals surface area (Å²) >= 11 is 0. The molecule has 0 aliphatic rings. The Morgan fingerprint density at radius 2 is 1.95 bits per heavy atom. The molecule has 1 aromatic heterocycles. The number of hydrogen-bond acceptors (Lipinski definition) is 2. The molecule has 110 valence electrons. The molecule has 0 amide bonds. The minimum absolute atomic E-state index is 0.331. The van der Waals surface area contributed by atoms with Crippen LogP contribution in [0.25, 0.3) is 10.9 Å². The topological polar surface area (TPSA) is 29.9 Å². The summed E-state index contributed by atoms with van der Waals surface area (Å²) in [5, 5.41) is 9.61. The molecule has 0 spiro atoms. The highest BCUT2D eigenvalue weighted by molar-refractivity contribution is 5.81. The molecule has 1 N–H and O–H groups in total. The molecule has 2 aromatic rings. The summed E-state index contributed by atoms with van der Waals surface area (Å²) < 4.78 is 1.99. The van der Waals surface area contributed by atoms with Gasteiger partial charge >= 0.3 is 0 Å². The van der Waals surface area contributed by atoms with Crippen molar-refractivity contribution in [3.05, 3.63) is 30.0 Å². The van der Waals surface area contributed by atoms with Gasteiger partial charge in [-0.3, -0.25) is 4.68 Å². The van der Waals surface area contributed by atoms with Crippen molar-refractivity contribution in [3.63, 3.8) is 0 Å². The fourth-order valence-electron chi connectivity index (χ4n) is 2.92. The maximum Gasteiger partial charge on any atom is 0.0718 e. The molecule has 0 saturated heterocycles. The van der Waals surface area contributed by atoms with Crippen LogP contribution in [0.15, 0.2) is 24.3 Å². The van der Waals surface area contributed by atoms with Gasteiger partial charge in [-0.1, -0.05) is 45.9 Å². The molecular weight excluding hydrogens is 246 g/mol. The second-order valence-corrected chi connectivity index (χ2v) is 6.81. The number of para-hydroxylation sites is 1. The largest absolute Gasteiger partial charge is 0.314 e. The van der Waals surface area contributed by atoms with Crippen molar-refractivity contribution < 1.29 is 0 Å². The Morgan fingerprint density at radius 3 is 2.60 bits per heavy atom. The number of fused-ring (bicyclic) bond motifs is 1. The van der Waals surface area contributed by atoms with Gasteiger partial charge in [0, 0.05) is 24.9 Å². The van der Waals surface area contributed by atoms with Gasteiger partial charge in [0.2, 0.25) is 0 Å². The Labute approximate surface area is 122 Å². The quantitative estimate of drug-likeness (QED) is 0.903. The van der Waals surface area contributed by atoms with Crippen molar-refractivity contribution in [2.24, 2.45) is 12.5 Å². The minimum atomic E-state index is 0.331. The SMILES string of the molecule is CCNC(Cc1nn(C)c2ccccc12)CC(C)(C)C. The van der Waals surface area contributed by atoms with Gasteiger partial charge in [-0.25, -0.2) is 0 Å². The Hall–Kier alpha value is -1.35. The van der Waals surface area contributed by atoms with Gasteiger partial charge in [0.15, 0.2) is 0 Å². The van der Waals surface area contributed by atoms with E-state index in [1.807, 2.05) is 11.7 Å². The van der Waals surface area contributed by atoms with Crippen LogP contribution in [0, 0.1) is 5.41 Å². The normalized spacial score (nSPS) is 13.8. The number of benzene rings is 1. The maximum absolute atomic E-state index is 4.72. The van der Waals surface area contributed by atoms with Crippen molar-refractivity contribution >= 4 is 10.9 Å². The first-order valence-corrected chi connectivity index (χ1v) is 7.54. The van der Waals surface area contributed by atoms with E-state index < -0.39 is 0 Å². The lowest BCUT2D eigenvalue weighted by atomic mass is 9.86. The second-order valence-electron chi connectivity index (χ2n) is 6.81. The molecule has 0 aliphatic heterocycles.